The van der Waals surface area contributed by atoms with Gasteiger partial charge in [-0.05, 0) is 5.56 Å². The van der Waals surface area contributed by atoms with E-state index in [0.717, 1.165) is 19.6 Å². The van der Waals surface area contributed by atoms with Crippen LogP contribution in [0.15, 0.2) is 42.6 Å². The molecule has 26 heavy (non-hydrogen) atoms. The normalized spacial score (nSPS) is 14.9. The Morgan fingerprint density at radius 1 is 1.23 bits per heavy atom. The van der Waals surface area contributed by atoms with Gasteiger partial charge in [-0.2, -0.15) is 0 Å². The van der Waals surface area contributed by atoms with Crippen molar-refractivity contribution in [1.29, 1.82) is 0 Å². The van der Waals surface area contributed by atoms with Gasteiger partial charge in [-0.3, -0.25) is 15.0 Å². The molecule has 0 saturated carbocycles. The predicted octanol–water partition coefficient (Wildman–Crippen LogP) is 2.10. The molecule has 8 nitrogen and oxygen atoms in total. The molecule has 0 unspecified atom stereocenters. The van der Waals surface area contributed by atoms with Crippen LogP contribution in [0, 0.1) is 10.1 Å². The van der Waals surface area contributed by atoms with Crippen LogP contribution >= 0.6 is 0 Å². The minimum absolute atomic E-state index is 0.0747. The summed E-state index contributed by atoms with van der Waals surface area (Å²) in [7, 11) is 1.23. The number of carbonyl (C=O) groups excluding carboxylic acids is 1. The van der Waals surface area contributed by atoms with Gasteiger partial charge in [0, 0.05) is 45.0 Å². The maximum atomic E-state index is 11.6. The first-order valence-electron chi connectivity index (χ1n) is 8.32. The van der Waals surface area contributed by atoms with Crippen LogP contribution in [0.3, 0.4) is 0 Å². The maximum absolute atomic E-state index is 11.6. The molecular weight excluding hydrogens is 336 g/mol. The summed E-state index contributed by atoms with van der Waals surface area (Å²) in [6.45, 7) is 3.70. The van der Waals surface area contributed by atoms with Gasteiger partial charge >= 0.3 is 11.7 Å². The average molecular weight is 356 g/mol. The largest absolute Gasteiger partial charge is 0.465 e. The van der Waals surface area contributed by atoms with E-state index in [-0.39, 0.29) is 11.3 Å². The van der Waals surface area contributed by atoms with Crippen molar-refractivity contribution in [2.45, 2.75) is 6.54 Å². The number of pyridine rings is 1. The van der Waals surface area contributed by atoms with Crippen LogP contribution in [-0.2, 0) is 11.3 Å². The molecule has 0 amide bonds. The summed E-state index contributed by atoms with van der Waals surface area (Å²) in [5.74, 6) is -0.346. The lowest BCUT2D eigenvalue weighted by atomic mass is 10.2. The second-order valence-electron chi connectivity index (χ2n) is 6.06. The highest BCUT2D eigenvalue weighted by Crippen LogP contribution is 2.28. The molecule has 1 aliphatic heterocycles. The van der Waals surface area contributed by atoms with Gasteiger partial charge < -0.3 is 9.64 Å². The third kappa shape index (κ3) is 3.97. The molecule has 8 heteroatoms. The zero-order valence-corrected chi connectivity index (χ0v) is 14.5. The summed E-state index contributed by atoms with van der Waals surface area (Å²) < 4.78 is 4.61. The number of nitro groups is 1. The number of hydrogen-bond donors (Lipinski definition) is 0. The van der Waals surface area contributed by atoms with Gasteiger partial charge in [0.1, 0.15) is 0 Å². The van der Waals surface area contributed by atoms with E-state index in [4.69, 9.17) is 0 Å². The Morgan fingerprint density at radius 2 is 1.92 bits per heavy atom. The maximum Gasteiger partial charge on any atom is 0.339 e. The zero-order valence-electron chi connectivity index (χ0n) is 14.5. The fraction of sp³-hybridized carbons (Fsp3) is 0.333. The zero-order chi connectivity index (χ0) is 18.5. The molecule has 1 aromatic heterocycles. The summed E-state index contributed by atoms with van der Waals surface area (Å²) in [6, 6.07) is 11.4. The van der Waals surface area contributed by atoms with Crippen molar-refractivity contribution in [3.8, 4) is 0 Å². The van der Waals surface area contributed by atoms with Gasteiger partial charge in [0.15, 0.2) is 0 Å². The van der Waals surface area contributed by atoms with E-state index < -0.39 is 10.9 Å². The molecule has 0 spiro atoms. The third-order valence-corrected chi connectivity index (χ3v) is 4.39. The van der Waals surface area contributed by atoms with Gasteiger partial charge in [0.25, 0.3) is 0 Å². The Morgan fingerprint density at radius 3 is 2.54 bits per heavy atom. The monoisotopic (exact) mass is 356 g/mol. The number of hydrogen-bond acceptors (Lipinski definition) is 7. The molecule has 1 saturated heterocycles. The lowest BCUT2D eigenvalue weighted by Gasteiger charge is -2.35. The minimum Gasteiger partial charge on any atom is -0.465 e. The van der Waals surface area contributed by atoms with Crippen LogP contribution < -0.4 is 4.90 Å². The molecule has 1 aliphatic rings. The first-order chi connectivity index (χ1) is 12.6. The molecule has 1 fully saturated rings. The second-order valence-corrected chi connectivity index (χ2v) is 6.06. The third-order valence-electron chi connectivity index (χ3n) is 4.39. The van der Waals surface area contributed by atoms with E-state index in [2.05, 4.69) is 26.8 Å². The Kier molecular flexibility index (Phi) is 5.43. The summed E-state index contributed by atoms with van der Waals surface area (Å²) in [4.78, 5) is 30.9. The Balaban J connectivity index is 1.70. The minimum atomic E-state index is -0.639. The van der Waals surface area contributed by atoms with Crippen molar-refractivity contribution in [2.75, 3.05) is 38.2 Å². The number of carbonyl (C=O) groups is 1. The SMILES string of the molecule is COC(=O)c1cnc(N2CCN(Cc3ccccc3)CC2)c([N+](=O)[O-])c1. The topological polar surface area (TPSA) is 88.8 Å². The fourth-order valence-electron chi connectivity index (χ4n) is 3.01. The van der Waals surface area contributed by atoms with Crippen LogP contribution in [0.1, 0.15) is 15.9 Å². The number of ether oxygens (including phenoxy) is 1. The van der Waals surface area contributed by atoms with Crippen molar-refractivity contribution >= 4 is 17.5 Å². The highest BCUT2D eigenvalue weighted by Gasteiger charge is 2.26. The first-order valence-corrected chi connectivity index (χ1v) is 8.32. The Bertz CT molecular complexity index is 789. The van der Waals surface area contributed by atoms with Crippen LogP contribution in [0.5, 0.6) is 0 Å². The van der Waals surface area contributed by atoms with E-state index in [1.54, 1.807) is 0 Å². The van der Waals surface area contributed by atoms with Crippen molar-refractivity contribution < 1.29 is 14.5 Å². The van der Waals surface area contributed by atoms with Crippen LogP contribution in [0.4, 0.5) is 11.5 Å². The first kappa shape index (κ1) is 17.8. The molecular formula is C18H20N4O4. The molecule has 0 atom stereocenters. The molecule has 0 aliphatic carbocycles. The van der Waals surface area contributed by atoms with Crippen LogP contribution in [-0.4, -0.2) is 54.1 Å². The fourth-order valence-corrected chi connectivity index (χ4v) is 3.01. The molecule has 0 bridgehead atoms. The smallest absolute Gasteiger partial charge is 0.339 e. The van der Waals surface area contributed by atoms with E-state index in [9.17, 15) is 14.9 Å². The quantitative estimate of drug-likeness (QED) is 0.460. The van der Waals surface area contributed by atoms with Gasteiger partial charge in [-0.15, -0.1) is 0 Å². The van der Waals surface area contributed by atoms with Crippen molar-refractivity contribution in [2.24, 2.45) is 0 Å². The highest BCUT2D eigenvalue weighted by molar-refractivity contribution is 5.90. The number of methoxy groups -OCH3 is 1. The highest BCUT2D eigenvalue weighted by atomic mass is 16.6. The number of rotatable bonds is 5. The molecule has 1 aromatic carbocycles. The van der Waals surface area contributed by atoms with Gasteiger partial charge in [0.05, 0.1) is 17.6 Å². The van der Waals surface area contributed by atoms with E-state index in [0.29, 0.717) is 18.9 Å². The molecule has 2 heterocycles. The molecule has 2 aromatic rings. The number of esters is 1. The Hall–Kier alpha value is -3.00. The predicted molar refractivity (Wildman–Crippen MR) is 96.2 cm³/mol. The van der Waals surface area contributed by atoms with Crippen molar-refractivity contribution in [3.05, 3.63) is 63.8 Å². The summed E-state index contributed by atoms with van der Waals surface area (Å²) in [5.41, 5.74) is 1.14. The van der Waals surface area contributed by atoms with Gasteiger partial charge in [-0.25, -0.2) is 9.78 Å². The van der Waals surface area contributed by atoms with E-state index >= 15 is 0 Å². The molecule has 3 rings (SSSR count). The lowest BCUT2D eigenvalue weighted by Crippen LogP contribution is -2.46. The average Bonchev–Trinajstić information content (AvgIpc) is 2.68. The summed E-state index contributed by atoms with van der Waals surface area (Å²) >= 11 is 0. The van der Waals surface area contributed by atoms with Gasteiger partial charge in [0.2, 0.25) is 5.82 Å². The summed E-state index contributed by atoms with van der Waals surface area (Å²) in [5, 5.41) is 11.4. The van der Waals surface area contributed by atoms with Crippen LogP contribution in [0.2, 0.25) is 0 Å². The number of piperazine rings is 1. The van der Waals surface area contributed by atoms with Crippen molar-refractivity contribution in [1.82, 2.24) is 9.88 Å². The lowest BCUT2D eigenvalue weighted by molar-refractivity contribution is -0.384. The number of aromatic nitrogens is 1. The Labute approximate surface area is 151 Å². The number of nitrogens with zero attached hydrogens (tertiary/aromatic N) is 4. The number of benzene rings is 1. The van der Waals surface area contributed by atoms with Crippen molar-refractivity contribution in [3.63, 3.8) is 0 Å². The summed E-state index contributed by atoms with van der Waals surface area (Å²) in [6.07, 6.45) is 1.32. The second kappa shape index (κ2) is 7.92. The van der Waals surface area contributed by atoms with Gasteiger partial charge in [-0.1, -0.05) is 30.3 Å². The van der Waals surface area contributed by atoms with E-state index in [1.807, 2.05) is 23.1 Å². The molecule has 0 N–H and O–H groups in total. The molecule has 136 valence electrons. The van der Waals surface area contributed by atoms with E-state index in [1.165, 1.54) is 24.9 Å². The number of anilines is 1. The van der Waals surface area contributed by atoms with Crippen LogP contribution in [0.25, 0.3) is 0 Å². The standard InChI is InChI=1S/C18H20N4O4/c1-26-18(23)15-11-16(22(24)25)17(19-12-15)21-9-7-20(8-10-21)13-14-5-3-2-4-6-14/h2-6,11-12H,7-10,13H2,1H3. The molecule has 0 radical (unpaired) electrons.